The Hall–Kier alpha value is -2.20. The SMILES string of the molecule is Cc1ccc([C@H](C)NC(=O)CCCOCc2ccccc2)nc1. The summed E-state index contributed by atoms with van der Waals surface area (Å²) in [6, 6.07) is 13.9. The van der Waals surface area contributed by atoms with E-state index >= 15 is 0 Å². The molecule has 4 nitrogen and oxygen atoms in total. The lowest BCUT2D eigenvalue weighted by molar-refractivity contribution is -0.122. The predicted octanol–water partition coefficient (Wildman–Crippen LogP) is 3.56. The van der Waals surface area contributed by atoms with Crippen LogP contribution in [-0.2, 0) is 16.1 Å². The average Bonchev–Trinajstić information content (AvgIpc) is 2.56. The maximum Gasteiger partial charge on any atom is 0.220 e. The van der Waals surface area contributed by atoms with Crippen molar-refractivity contribution in [1.29, 1.82) is 0 Å². The Labute approximate surface area is 137 Å². The van der Waals surface area contributed by atoms with Crippen LogP contribution in [0.25, 0.3) is 0 Å². The molecule has 1 amide bonds. The fourth-order valence-electron chi connectivity index (χ4n) is 2.22. The highest BCUT2D eigenvalue weighted by Gasteiger charge is 2.10. The molecular weight excluding hydrogens is 288 g/mol. The van der Waals surface area contributed by atoms with Crippen LogP contribution in [0.4, 0.5) is 0 Å². The lowest BCUT2D eigenvalue weighted by atomic mass is 10.2. The molecule has 122 valence electrons. The molecular formula is C19H24N2O2. The molecule has 1 aromatic carbocycles. The van der Waals surface area contributed by atoms with Crippen LogP contribution < -0.4 is 5.32 Å². The Morgan fingerprint density at radius 3 is 2.70 bits per heavy atom. The zero-order valence-corrected chi connectivity index (χ0v) is 13.8. The van der Waals surface area contributed by atoms with Gasteiger partial charge in [-0.05, 0) is 37.5 Å². The number of aromatic nitrogens is 1. The molecule has 1 aromatic heterocycles. The molecule has 2 rings (SSSR count). The summed E-state index contributed by atoms with van der Waals surface area (Å²) < 4.78 is 5.58. The van der Waals surface area contributed by atoms with Gasteiger partial charge in [0.1, 0.15) is 0 Å². The summed E-state index contributed by atoms with van der Waals surface area (Å²) >= 11 is 0. The number of pyridine rings is 1. The van der Waals surface area contributed by atoms with Gasteiger partial charge in [-0.15, -0.1) is 0 Å². The molecule has 1 heterocycles. The lowest BCUT2D eigenvalue weighted by Crippen LogP contribution is -2.27. The standard InChI is InChI=1S/C19H24N2O2/c1-15-10-11-18(20-13-15)16(2)21-19(22)9-6-12-23-14-17-7-4-3-5-8-17/h3-5,7-8,10-11,13,16H,6,9,12,14H2,1-2H3,(H,21,22)/t16-/m0/s1. The van der Waals surface area contributed by atoms with E-state index in [0.717, 1.165) is 16.8 Å². The molecule has 0 aliphatic heterocycles. The highest BCUT2D eigenvalue weighted by Crippen LogP contribution is 2.10. The van der Waals surface area contributed by atoms with E-state index < -0.39 is 0 Å². The summed E-state index contributed by atoms with van der Waals surface area (Å²) in [5.74, 6) is 0.0307. The molecule has 2 aromatic rings. The number of ether oxygens (including phenoxy) is 1. The Bertz CT molecular complexity index is 597. The number of rotatable bonds is 8. The van der Waals surface area contributed by atoms with Crippen LogP contribution in [0.3, 0.4) is 0 Å². The first kappa shape index (κ1) is 17.2. The molecule has 4 heteroatoms. The molecule has 0 saturated heterocycles. The van der Waals surface area contributed by atoms with Crippen molar-refractivity contribution in [2.75, 3.05) is 6.61 Å². The summed E-state index contributed by atoms with van der Waals surface area (Å²) in [5.41, 5.74) is 3.14. The molecule has 0 saturated carbocycles. The zero-order valence-electron chi connectivity index (χ0n) is 13.8. The Balaban J connectivity index is 1.62. The second-order valence-electron chi connectivity index (χ2n) is 5.69. The number of nitrogens with zero attached hydrogens (tertiary/aromatic N) is 1. The number of hydrogen-bond acceptors (Lipinski definition) is 3. The third-order valence-electron chi connectivity index (χ3n) is 3.56. The third kappa shape index (κ3) is 6.20. The molecule has 0 aliphatic rings. The van der Waals surface area contributed by atoms with E-state index in [1.807, 2.05) is 62.5 Å². The quantitative estimate of drug-likeness (QED) is 0.758. The van der Waals surface area contributed by atoms with Crippen LogP contribution in [0.2, 0.25) is 0 Å². The molecule has 0 aliphatic carbocycles. The molecule has 1 N–H and O–H groups in total. The normalized spacial score (nSPS) is 11.9. The van der Waals surface area contributed by atoms with Crippen LogP contribution in [0.15, 0.2) is 48.7 Å². The Morgan fingerprint density at radius 2 is 2.00 bits per heavy atom. The molecule has 0 fully saturated rings. The number of benzene rings is 1. The summed E-state index contributed by atoms with van der Waals surface area (Å²) in [6.07, 6.45) is 2.99. The summed E-state index contributed by atoms with van der Waals surface area (Å²) in [5, 5.41) is 2.97. The number of nitrogens with one attached hydrogen (secondary N) is 1. The van der Waals surface area contributed by atoms with Crippen molar-refractivity contribution >= 4 is 5.91 Å². The number of carbonyl (C=O) groups is 1. The third-order valence-corrected chi connectivity index (χ3v) is 3.56. The van der Waals surface area contributed by atoms with E-state index in [-0.39, 0.29) is 11.9 Å². The summed E-state index contributed by atoms with van der Waals surface area (Å²) in [4.78, 5) is 16.3. The zero-order chi connectivity index (χ0) is 16.5. The van der Waals surface area contributed by atoms with Gasteiger partial charge in [0.05, 0.1) is 18.3 Å². The van der Waals surface area contributed by atoms with Crippen molar-refractivity contribution in [3.63, 3.8) is 0 Å². The summed E-state index contributed by atoms with van der Waals surface area (Å²) in [6.45, 7) is 5.11. The largest absolute Gasteiger partial charge is 0.377 e. The van der Waals surface area contributed by atoms with E-state index in [0.29, 0.717) is 26.1 Å². The van der Waals surface area contributed by atoms with E-state index in [1.54, 1.807) is 0 Å². The van der Waals surface area contributed by atoms with Gasteiger partial charge in [-0.25, -0.2) is 0 Å². The van der Waals surface area contributed by atoms with Crippen molar-refractivity contribution in [1.82, 2.24) is 10.3 Å². The maximum absolute atomic E-state index is 11.9. The average molecular weight is 312 g/mol. The molecule has 23 heavy (non-hydrogen) atoms. The highest BCUT2D eigenvalue weighted by atomic mass is 16.5. The van der Waals surface area contributed by atoms with Gasteiger partial charge in [-0.3, -0.25) is 9.78 Å². The molecule has 0 unspecified atom stereocenters. The van der Waals surface area contributed by atoms with Gasteiger partial charge in [0.15, 0.2) is 0 Å². The van der Waals surface area contributed by atoms with Crippen LogP contribution in [-0.4, -0.2) is 17.5 Å². The van der Waals surface area contributed by atoms with Gasteiger partial charge in [-0.1, -0.05) is 36.4 Å². The van der Waals surface area contributed by atoms with Crippen LogP contribution >= 0.6 is 0 Å². The fraction of sp³-hybridized carbons (Fsp3) is 0.368. The van der Waals surface area contributed by atoms with Gasteiger partial charge in [0.2, 0.25) is 5.91 Å². The fourth-order valence-corrected chi connectivity index (χ4v) is 2.22. The van der Waals surface area contributed by atoms with Gasteiger partial charge in [0, 0.05) is 19.2 Å². The van der Waals surface area contributed by atoms with E-state index in [2.05, 4.69) is 10.3 Å². The maximum atomic E-state index is 11.9. The minimum Gasteiger partial charge on any atom is -0.377 e. The smallest absolute Gasteiger partial charge is 0.220 e. The van der Waals surface area contributed by atoms with Gasteiger partial charge in [-0.2, -0.15) is 0 Å². The van der Waals surface area contributed by atoms with Crippen molar-refractivity contribution in [2.45, 2.75) is 39.3 Å². The second kappa shape index (κ2) is 9.06. The van der Waals surface area contributed by atoms with Crippen LogP contribution in [0, 0.1) is 6.92 Å². The topological polar surface area (TPSA) is 51.2 Å². The summed E-state index contributed by atoms with van der Waals surface area (Å²) in [7, 11) is 0. The molecule has 0 spiro atoms. The Kier molecular flexibility index (Phi) is 6.76. The van der Waals surface area contributed by atoms with Crippen molar-refractivity contribution < 1.29 is 9.53 Å². The number of carbonyl (C=O) groups excluding carboxylic acids is 1. The number of aryl methyl sites for hydroxylation is 1. The monoisotopic (exact) mass is 312 g/mol. The van der Waals surface area contributed by atoms with Crippen LogP contribution in [0.5, 0.6) is 0 Å². The van der Waals surface area contributed by atoms with Gasteiger partial charge in [0.25, 0.3) is 0 Å². The first-order valence-electron chi connectivity index (χ1n) is 7.99. The predicted molar refractivity (Wildman–Crippen MR) is 90.9 cm³/mol. The minimum atomic E-state index is -0.0756. The lowest BCUT2D eigenvalue weighted by Gasteiger charge is -2.13. The molecule has 0 bridgehead atoms. The minimum absolute atomic E-state index is 0.0307. The first-order valence-corrected chi connectivity index (χ1v) is 7.99. The second-order valence-corrected chi connectivity index (χ2v) is 5.69. The highest BCUT2D eigenvalue weighted by molar-refractivity contribution is 5.76. The number of amides is 1. The Morgan fingerprint density at radius 1 is 1.22 bits per heavy atom. The van der Waals surface area contributed by atoms with Crippen molar-refractivity contribution in [3.05, 3.63) is 65.5 Å². The van der Waals surface area contributed by atoms with Crippen LogP contribution in [0.1, 0.15) is 42.6 Å². The molecule has 0 radical (unpaired) electrons. The van der Waals surface area contributed by atoms with E-state index in [9.17, 15) is 4.79 Å². The van der Waals surface area contributed by atoms with Crippen molar-refractivity contribution in [2.24, 2.45) is 0 Å². The first-order chi connectivity index (χ1) is 11.1. The van der Waals surface area contributed by atoms with Gasteiger partial charge >= 0.3 is 0 Å². The van der Waals surface area contributed by atoms with E-state index in [1.165, 1.54) is 0 Å². The van der Waals surface area contributed by atoms with Crippen molar-refractivity contribution in [3.8, 4) is 0 Å². The molecule has 1 atom stereocenters. The van der Waals surface area contributed by atoms with Gasteiger partial charge < -0.3 is 10.1 Å². The van der Waals surface area contributed by atoms with E-state index in [4.69, 9.17) is 4.74 Å². The number of hydrogen-bond donors (Lipinski definition) is 1.